The second-order valence-corrected chi connectivity index (χ2v) is 6.28. The van der Waals surface area contributed by atoms with Crippen LogP contribution in [0.2, 0.25) is 0 Å². The van der Waals surface area contributed by atoms with E-state index in [9.17, 15) is 4.79 Å². The summed E-state index contributed by atoms with van der Waals surface area (Å²) in [5, 5.41) is 0. The number of hydrogen-bond donors (Lipinski definition) is 0. The van der Waals surface area contributed by atoms with Gasteiger partial charge in [0.25, 0.3) is 0 Å². The molecule has 0 radical (unpaired) electrons. The molecule has 1 amide bonds. The third-order valence-corrected chi connectivity index (χ3v) is 3.50. The van der Waals surface area contributed by atoms with E-state index in [2.05, 4.69) is 23.8 Å². The quantitative estimate of drug-likeness (QED) is 0.756. The van der Waals surface area contributed by atoms with Crippen molar-refractivity contribution in [3.8, 4) is 0 Å². The fraction of sp³-hybridized carbons (Fsp3) is 0.929. The van der Waals surface area contributed by atoms with E-state index >= 15 is 0 Å². The molecule has 3 nitrogen and oxygen atoms in total. The number of carbonyl (C=O) groups is 1. The van der Waals surface area contributed by atoms with Crippen molar-refractivity contribution in [2.75, 3.05) is 26.7 Å². The van der Waals surface area contributed by atoms with Gasteiger partial charge >= 0.3 is 0 Å². The molecule has 0 spiro atoms. The van der Waals surface area contributed by atoms with Crippen LogP contribution in [-0.4, -0.2) is 48.4 Å². The maximum absolute atomic E-state index is 12.4. The Balaban J connectivity index is 2.68. The first kappa shape index (κ1) is 14.5. The topological polar surface area (TPSA) is 23.6 Å². The largest absolute Gasteiger partial charge is 0.339 e. The lowest BCUT2D eigenvalue weighted by Crippen LogP contribution is -2.50. The minimum atomic E-state index is -0.251. The third kappa shape index (κ3) is 3.98. The molecule has 1 aliphatic heterocycles. The highest BCUT2D eigenvalue weighted by Crippen LogP contribution is 2.23. The Morgan fingerprint density at radius 1 is 1.29 bits per heavy atom. The van der Waals surface area contributed by atoms with Crippen LogP contribution in [0.15, 0.2) is 0 Å². The van der Waals surface area contributed by atoms with Gasteiger partial charge < -0.3 is 9.80 Å². The first-order chi connectivity index (χ1) is 7.86. The van der Waals surface area contributed by atoms with Gasteiger partial charge in [0.05, 0.1) is 0 Å². The maximum atomic E-state index is 12.4. The van der Waals surface area contributed by atoms with Crippen molar-refractivity contribution in [1.82, 2.24) is 9.80 Å². The molecule has 1 saturated heterocycles. The Hall–Kier alpha value is -0.570. The van der Waals surface area contributed by atoms with Crippen LogP contribution in [-0.2, 0) is 4.79 Å². The molecule has 1 heterocycles. The number of hydrogen-bond acceptors (Lipinski definition) is 2. The second kappa shape index (κ2) is 5.85. The van der Waals surface area contributed by atoms with Crippen LogP contribution >= 0.6 is 0 Å². The fourth-order valence-electron chi connectivity index (χ4n) is 2.43. The fourth-order valence-corrected chi connectivity index (χ4v) is 2.43. The molecule has 0 saturated carbocycles. The van der Waals surface area contributed by atoms with Gasteiger partial charge in [0.2, 0.25) is 5.91 Å². The van der Waals surface area contributed by atoms with Gasteiger partial charge in [-0.2, -0.15) is 0 Å². The van der Waals surface area contributed by atoms with Gasteiger partial charge in [-0.3, -0.25) is 4.79 Å². The van der Waals surface area contributed by atoms with E-state index in [0.717, 1.165) is 38.9 Å². The van der Waals surface area contributed by atoms with Crippen molar-refractivity contribution in [3.63, 3.8) is 0 Å². The van der Waals surface area contributed by atoms with Gasteiger partial charge in [0, 0.05) is 18.0 Å². The average molecular weight is 240 g/mol. The predicted octanol–water partition coefficient (Wildman–Crippen LogP) is 2.37. The summed E-state index contributed by atoms with van der Waals surface area (Å²) in [5.74, 6) is 0.314. The Kier molecular flexibility index (Phi) is 4.99. The van der Waals surface area contributed by atoms with E-state index in [1.54, 1.807) is 0 Å². The standard InChI is InChI=1S/C14H28N2O/c1-6-9-16(13(17)14(2,3)4)12-7-10-15(5)11-8-12/h12H,6-11H2,1-5H3. The Bertz CT molecular complexity index is 249. The summed E-state index contributed by atoms with van der Waals surface area (Å²) >= 11 is 0. The van der Waals surface area contributed by atoms with Crippen molar-refractivity contribution < 1.29 is 4.79 Å². The second-order valence-electron chi connectivity index (χ2n) is 6.28. The molecule has 17 heavy (non-hydrogen) atoms. The van der Waals surface area contributed by atoms with E-state index in [1.165, 1.54) is 0 Å². The smallest absolute Gasteiger partial charge is 0.228 e. The number of rotatable bonds is 3. The highest BCUT2D eigenvalue weighted by atomic mass is 16.2. The molecule has 0 atom stereocenters. The molecule has 0 aromatic rings. The minimum absolute atomic E-state index is 0.251. The molecule has 0 aliphatic carbocycles. The van der Waals surface area contributed by atoms with Crippen LogP contribution < -0.4 is 0 Å². The van der Waals surface area contributed by atoms with Crippen LogP contribution in [0.3, 0.4) is 0 Å². The van der Waals surface area contributed by atoms with Crippen molar-refractivity contribution in [2.24, 2.45) is 5.41 Å². The zero-order chi connectivity index (χ0) is 13.1. The first-order valence-electron chi connectivity index (χ1n) is 6.86. The number of piperidine rings is 1. The van der Waals surface area contributed by atoms with Crippen molar-refractivity contribution in [2.45, 2.75) is 53.0 Å². The zero-order valence-corrected chi connectivity index (χ0v) is 12.1. The zero-order valence-electron chi connectivity index (χ0n) is 12.1. The molecule has 1 rings (SSSR count). The van der Waals surface area contributed by atoms with Crippen molar-refractivity contribution >= 4 is 5.91 Å². The number of nitrogens with zero attached hydrogens (tertiary/aromatic N) is 2. The lowest BCUT2D eigenvalue weighted by Gasteiger charge is -2.40. The summed E-state index contributed by atoms with van der Waals surface area (Å²) in [6, 6.07) is 0.456. The Labute approximate surface area is 106 Å². The highest BCUT2D eigenvalue weighted by molar-refractivity contribution is 5.81. The minimum Gasteiger partial charge on any atom is -0.339 e. The monoisotopic (exact) mass is 240 g/mol. The molecule has 1 aliphatic rings. The molecule has 0 aromatic carbocycles. The van der Waals surface area contributed by atoms with Crippen molar-refractivity contribution in [3.05, 3.63) is 0 Å². The van der Waals surface area contributed by atoms with Gasteiger partial charge in [0.15, 0.2) is 0 Å². The average Bonchev–Trinajstić information content (AvgIpc) is 2.25. The van der Waals surface area contributed by atoms with Crippen LogP contribution in [0.4, 0.5) is 0 Å². The van der Waals surface area contributed by atoms with Gasteiger partial charge in [0.1, 0.15) is 0 Å². The Morgan fingerprint density at radius 2 is 1.82 bits per heavy atom. The number of likely N-dealkylation sites (tertiary alicyclic amines) is 1. The third-order valence-electron chi connectivity index (χ3n) is 3.50. The summed E-state index contributed by atoms with van der Waals surface area (Å²) < 4.78 is 0. The van der Waals surface area contributed by atoms with Crippen LogP contribution in [0.5, 0.6) is 0 Å². The van der Waals surface area contributed by atoms with E-state index in [4.69, 9.17) is 0 Å². The lowest BCUT2D eigenvalue weighted by molar-refractivity contribution is -0.143. The summed E-state index contributed by atoms with van der Waals surface area (Å²) in [6.07, 6.45) is 3.30. The summed E-state index contributed by atoms with van der Waals surface area (Å²) in [6.45, 7) is 11.3. The van der Waals surface area contributed by atoms with E-state index in [-0.39, 0.29) is 5.41 Å². The summed E-state index contributed by atoms with van der Waals surface area (Å²) in [5.41, 5.74) is -0.251. The van der Waals surface area contributed by atoms with Crippen LogP contribution in [0.1, 0.15) is 47.0 Å². The maximum Gasteiger partial charge on any atom is 0.228 e. The van der Waals surface area contributed by atoms with E-state index < -0.39 is 0 Å². The van der Waals surface area contributed by atoms with E-state index in [0.29, 0.717) is 11.9 Å². The summed E-state index contributed by atoms with van der Waals surface area (Å²) in [7, 11) is 2.16. The Morgan fingerprint density at radius 3 is 2.24 bits per heavy atom. The summed E-state index contributed by atoms with van der Waals surface area (Å²) in [4.78, 5) is 16.9. The molecule has 0 aromatic heterocycles. The molecule has 100 valence electrons. The van der Waals surface area contributed by atoms with Gasteiger partial charge in [-0.05, 0) is 39.4 Å². The highest BCUT2D eigenvalue weighted by Gasteiger charge is 2.32. The van der Waals surface area contributed by atoms with E-state index in [1.807, 2.05) is 20.8 Å². The van der Waals surface area contributed by atoms with Crippen LogP contribution in [0, 0.1) is 5.41 Å². The van der Waals surface area contributed by atoms with Gasteiger partial charge in [-0.1, -0.05) is 27.7 Å². The normalized spacial score (nSPS) is 19.4. The lowest BCUT2D eigenvalue weighted by atomic mass is 9.92. The van der Waals surface area contributed by atoms with Gasteiger partial charge in [-0.25, -0.2) is 0 Å². The SMILES string of the molecule is CCCN(C(=O)C(C)(C)C)C1CCN(C)CC1. The first-order valence-corrected chi connectivity index (χ1v) is 6.86. The van der Waals surface area contributed by atoms with Gasteiger partial charge in [-0.15, -0.1) is 0 Å². The molecular weight excluding hydrogens is 212 g/mol. The predicted molar refractivity (Wildman–Crippen MR) is 72.0 cm³/mol. The van der Waals surface area contributed by atoms with Crippen molar-refractivity contribution in [1.29, 1.82) is 0 Å². The molecular formula is C14H28N2O. The molecule has 0 bridgehead atoms. The number of carbonyl (C=O) groups excluding carboxylic acids is 1. The molecule has 3 heteroatoms. The molecule has 0 N–H and O–H groups in total. The molecule has 1 fully saturated rings. The molecule has 0 unspecified atom stereocenters. The number of amides is 1. The van der Waals surface area contributed by atoms with Crippen LogP contribution in [0.25, 0.3) is 0 Å².